The van der Waals surface area contributed by atoms with Crippen molar-refractivity contribution < 1.29 is 17.6 Å². The van der Waals surface area contributed by atoms with Gasteiger partial charge in [-0.2, -0.15) is 9.40 Å². The van der Waals surface area contributed by atoms with Crippen LogP contribution < -0.4 is 0 Å². The van der Waals surface area contributed by atoms with Gasteiger partial charge in [0.05, 0.1) is 11.8 Å². The Morgan fingerprint density at radius 1 is 1.16 bits per heavy atom. The molecule has 4 heterocycles. The number of carbonyl (C=O) groups is 1. The molecule has 0 spiro atoms. The van der Waals surface area contributed by atoms with Crippen LogP contribution in [0.5, 0.6) is 0 Å². The van der Waals surface area contributed by atoms with E-state index in [1.165, 1.54) is 16.6 Å². The molecule has 31 heavy (non-hydrogen) atoms. The summed E-state index contributed by atoms with van der Waals surface area (Å²) in [6.07, 6.45) is 3.47. The van der Waals surface area contributed by atoms with Gasteiger partial charge in [-0.1, -0.05) is 13.8 Å². The number of sulfonamides is 1. The Labute approximate surface area is 183 Å². The van der Waals surface area contributed by atoms with E-state index in [4.69, 9.17) is 4.42 Å². The molecule has 2 aromatic heterocycles. The Balaban J connectivity index is 1.55. The Morgan fingerprint density at radius 3 is 2.48 bits per heavy atom. The van der Waals surface area contributed by atoms with Crippen LogP contribution in [0.3, 0.4) is 0 Å². The van der Waals surface area contributed by atoms with Crippen LogP contribution in [0.4, 0.5) is 0 Å². The van der Waals surface area contributed by atoms with E-state index >= 15 is 0 Å². The zero-order valence-electron chi connectivity index (χ0n) is 18.4. The number of aryl methyl sites for hydroxylation is 1. The van der Waals surface area contributed by atoms with Gasteiger partial charge in [-0.15, -0.1) is 0 Å². The highest BCUT2D eigenvalue weighted by Crippen LogP contribution is 2.32. The number of rotatable bonds is 6. The molecule has 0 radical (unpaired) electrons. The van der Waals surface area contributed by atoms with Crippen LogP contribution in [0.25, 0.3) is 11.5 Å². The molecule has 0 saturated carbocycles. The third-order valence-electron chi connectivity index (χ3n) is 5.95. The summed E-state index contributed by atoms with van der Waals surface area (Å²) in [6.45, 7) is 10.7. The summed E-state index contributed by atoms with van der Waals surface area (Å²) in [5, 5.41) is 6.83. The van der Waals surface area contributed by atoms with Crippen molar-refractivity contribution in [3.05, 3.63) is 23.6 Å². The molecule has 2 fully saturated rings. The van der Waals surface area contributed by atoms with Gasteiger partial charge in [0, 0.05) is 51.9 Å². The maximum Gasteiger partial charge on any atom is 0.257 e. The lowest BCUT2D eigenvalue weighted by Crippen LogP contribution is -2.49. The lowest BCUT2D eigenvalue weighted by molar-refractivity contribution is 0.0793. The van der Waals surface area contributed by atoms with E-state index < -0.39 is 10.0 Å². The number of hydrogen-bond donors (Lipinski definition) is 1. The normalized spacial score (nSPS) is 18.9. The molecule has 10 heteroatoms. The first-order valence-corrected chi connectivity index (χ1v) is 12.4. The van der Waals surface area contributed by atoms with Crippen molar-refractivity contribution in [2.75, 3.05) is 45.8 Å². The van der Waals surface area contributed by atoms with E-state index in [1.807, 2.05) is 0 Å². The highest BCUT2D eigenvalue weighted by Gasteiger charge is 2.33. The van der Waals surface area contributed by atoms with Crippen molar-refractivity contribution in [3.63, 3.8) is 0 Å². The van der Waals surface area contributed by atoms with Crippen LogP contribution in [0.15, 0.2) is 21.6 Å². The molecule has 2 aromatic rings. The number of likely N-dealkylation sites (tertiary alicyclic amines) is 1. The van der Waals surface area contributed by atoms with E-state index in [2.05, 4.69) is 28.9 Å². The van der Waals surface area contributed by atoms with Crippen molar-refractivity contribution >= 4 is 15.9 Å². The number of nitrogens with zero attached hydrogens (tertiary/aromatic N) is 4. The summed E-state index contributed by atoms with van der Waals surface area (Å²) in [5.74, 6) is 1.07. The lowest BCUT2D eigenvalue weighted by atomic mass is 10.2. The summed E-state index contributed by atoms with van der Waals surface area (Å²) in [7, 11) is -3.68. The second-order valence-corrected chi connectivity index (χ2v) is 10.7. The van der Waals surface area contributed by atoms with Gasteiger partial charge < -0.3 is 14.2 Å². The molecule has 2 aliphatic rings. The molecule has 1 N–H and O–H groups in total. The highest BCUT2D eigenvalue weighted by atomic mass is 32.2. The third-order valence-corrected chi connectivity index (χ3v) is 7.96. The smallest absolute Gasteiger partial charge is 0.257 e. The zero-order valence-corrected chi connectivity index (χ0v) is 19.2. The fraction of sp³-hybridized carbons (Fsp3) is 0.619. The average Bonchev–Trinajstić information content (AvgIpc) is 3.48. The number of piperazine rings is 1. The number of H-pyrrole nitrogens is 1. The topological polar surface area (TPSA) is 103 Å². The van der Waals surface area contributed by atoms with Crippen LogP contribution in [0.2, 0.25) is 0 Å². The summed E-state index contributed by atoms with van der Waals surface area (Å²) < 4.78 is 33.9. The molecule has 2 saturated heterocycles. The summed E-state index contributed by atoms with van der Waals surface area (Å²) in [5.41, 5.74) is 0.824. The van der Waals surface area contributed by atoms with Crippen LogP contribution in [-0.2, 0) is 10.0 Å². The van der Waals surface area contributed by atoms with Crippen molar-refractivity contribution in [3.8, 4) is 11.5 Å². The Morgan fingerprint density at radius 2 is 1.84 bits per heavy atom. The summed E-state index contributed by atoms with van der Waals surface area (Å²) >= 11 is 0. The van der Waals surface area contributed by atoms with Crippen LogP contribution in [0.1, 0.15) is 42.8 Å². The minimum Gasteiger partial charge on any atom is -0.458 e. The summed E-state index contributed by atoms with van der Waals surface area (Å²) in [4.78, 5) is 17.1. The van der Waals surface area contributed by atoms with Crippen LogP contribution in [-0.4, -0.2) is 84.4 Å². The lowest BCUT2D eigenvalue weighted by Gasteiger charge is -2.34. The Bertz CT molecular complexity index is 1030. The SMILES string of the molecule is Cc1oc(-c2[nH]ncc2C(=O)N2CCCC2)cc1S(=O)(=O)N1CCN(CC(C)C)CC1. The first kappa shape index (κ1) is 22.0. The maximum absolute atomic E-state index is 13.3. The predicted octanol–water partition coefficient (Wildman–Crippen LogP) is 2.18. The van der Waals surface area contributed by atoms with E-state index in [1.54, 1.807) is 11.8 Å². The molecule has 0 atom stereocenters. The average molecular weight is 450 g/mol. The number of carbonyl (C=O) groups excluding carboxylic acids is 1. The van der Waals surface area contributed by atoms with Crippen molar-refractivity contribution in [2.45, 2.75) is 38.5 Å². The Kier molecular flexibility index (Phi) is 6.23. The van der Waals surface area contributed by atoms with Crippen molar-refractivity contribution in [2.24, 2.45) is 5.92 Å². The van der Waals surface area contributed by atoms with Gasteiger partial charge in [0.15, 0.2) is 5.76 Å². The first-order chi connectivity index (χ1) is 14.8. The second kappa shape index (κ2) is 8.76. The van der Waals surface area contributed by atoms with E-state index in [0.717, 1.165) is 45.6 Å². The monoisotopic (exact) mass is 449 g/mol. The highest BCUT2D eigenvalue weighted by molar-refractivity contribution is 7.89. The van der Waals surface area contributed by atoms with E-state index in [9.17, 15) is 13.2 Å². The van der Waals surface area contributed by atoms with Gasteiger partial charge in [0.25, 0.3) is 5.91 Å². The maximum atomic E-state index is 13.3. The third kappa shape index (κ3) is 4.42. The van der Waals surface area contributed by atoms with Gasteiger partial charge in [-0.3, -0.25) is 9.89 Å². The number of furan rings is 1. The number of amides is 1. The number of aromatic nitrogens is 2. The van der Waals surface area contributed by atoms with Gasteiger partial charge in [-0.25, -0.2) is 8.42 Å². The van der Waals surface area contributed by atoms with Crippen molar-refractivity contribution in [1.82, 2.24) is 24.3 Å². The Hall–Kier alpha value is -2.17. The minimum absolute atomic E-state index is 0.110. The summed E-state index contributed by atoms with van der Waals surface area (Å²) in [6, 6.07) is 1.51. The molecule has 0 unspecified atom stereocenters. The molecule has 1 amide bonds. The van der Waals surface area contributed by atoms with Gasteiger partial charge in [-0.05, 0) is 25.7 Å². The van der Waals surface area contributed by atoms with Gasteiger partial charge in [0.2, 0.25) is 10.0 Å². The molecule has 170 valence electrons. The largest absolute Gasteiger partial charge is 0.458 e. The van der Waals surface area contributed by atoms with E-state index in [-0.39, 0.29) is 10.8 Å². The van der Waals surface area contributed by atoms with Crippen molar-refractivity contribution in [1.29, 1.82) is 0 Å². The molecule has 9 nitrogen and oxygen atoms in total. The second-order valence-electron chi connectivity index (χ2n) is 8.79. The predicted molar refractivity (Wildman–Crippen MR) is 116 cm³/mol. The first-order valence-electron chi connectivity index (χ1n) is 10.9. The number of hydrogen-bond acceptors (Lipinski definition) is 6. The van der Waals surface area contributed by atoms with Crippen LogP contribution in [0, 0.1) is 12.8 Å². The molecular weight excluding hydrogens is 418 g/mol. The fourth-order valence-electron chi connectivity index (χ4n) is 4.38. The van der Waals surface area contributed by atoms with E-state index in [0.29, 0.717) is 41.8 Å². The fourth-order valence-corrected chi connectivity index (χ4v) is 5.96. The molecule has 0 aromatic carbocycles. The number of aromatic amines is 1. The van der Waals surface area contributed by atoms with Gasteiger partial charge >= 0.3 is 0 Å². The standard InChI is InChI=1S/C21H31N5O4S/c1-15(2)14-24-8-10-26(11-9-24)31(28,29)19-12-18(30-16(19)3)20-17(13-22-23-20)21(27)25-6-4-5-7-25/h12-13,15H,4-11,14H2,1-3H3,(H,22,23). The minimum atomic E-state index is -3.68. The molecule has 0 aliphatic carbocycles. The molecular formula is C21H31N5O4S. The van der Waals surface area contributed by atoms with Crippen LogP contribution >= 0.6 is 0 Å². The molecule has 2 aliphatic heterocycles. The van der Waals surface area contributed by atoms with Gasteiger partial charge in [0.1, 0.15) is 16.3 Å². The molecule has 4 rings (SSSR count). The number of nitrogens with one attached hydrogen (secondary N) is 1. The quantitative estimate of drug-likeness (QED) is 0.725. The zero-order chi connectivity index (χ0) is 22.2. The molecule has 0 bridgehead atoms.